The Morgan fingerprint density at radius 3 is 3.00 bits per heavy atom. The average molecular weight is 196 g/mol. The number of ketones is 1. The Morgan fingerprint density at radius 1 is 1.85 bits per heavy atom. The van der Waals surface area contributed by atoms with Gasteiger partial charge in [-0.05, 0) is 6.26 Å². The van der Waals surface area contributed by atoms with Crippen molar-refractivity contribution in [1.29, 1.82) is 0 Å². The van der Waals surface area contributed by atoms with Gasteiger partial charge in [0.05, 0.1) is 6.20 Å². The average Bonchev–Trinajstić information content (AvgIpc) is 2.58. The molecule has 0 N–H and O–H groups in total. The number of Topliss-reactive ketones (excluding diaryl/α,β-unsaturated/α-hetero) is 1. The van der Waals surface area contributed by atoms with E-state index >= 15 is 0 Å². The van der Waals surface area contributed by atoms with Crippen LogP contribution in [-0.4, -0.2) is 21.6 Å². The van der Waals surface area contributed by atoms with Crippen molar-refractivity contribution in [3.05, 3.63) is 18.5 Å². The summed E-state index contributed by atoms with van der Waals surface area (Å²) in [4.78, 5) is 15.5. The fourth-order valence-corrected chi connectivity index (χ4v) is 1.59. The van der Waals surface area contributed by atoms with Crippen LogP contribution in [0.4, 0.5) is 0 Å². The number of hydrogen-bond acceptors (Lipinski definition) is 3. The van der Waals surface area contributed by atoms with E-state index in [0.29, 0.717) is 12.1 Å². The standard InChI is InChI=1S/C9H12N2OS/c1-4-8(12)7-6-10-9(13-3)11(7)5-2/h5-6H,2,4H2,1,3H3. The molecule has 0 amide bonds. The SMILES string of the molecule is C=Cn1c(C(=O)CC)cnc1SC. The molecule has 70 valence electrons. The van der Waals surface area contributed by atoms with Gasteiger partial charge in [-0.15, -0.1) is 0 Å². The van der Waals surface area contributed by atoms with Gasteiger partial charge in [-0.2, -0.15) is 0 Å². The van der Waals surface area contributed by atoms with Crippen LogP contribution in [0.3, 0.4) is 0 Å². The molecule has 1 aromatic heterocycles. The van der Waals surface area contributed by atoms with Crippen molar-refractivity contribution in [2.45, 2.75) is 18.5 Å². The van der Waals surface area contributed by atoms with E-state index in [1.807, 2.05) is 13.2 Å². The molecule has 0 saturated carbocycles. The minimum atomic E-state index is 0.0905. The molecule has 0 saturated heterocycles. The van der Waals surface area contributed by atoms with E-state index in [9.17, 15) is 4.79 Å². The van der Waals surface area contributed by atoms with Gasteiger partial charge in [-0.25, -0.2) is 4.98 Å². The minimum absolute atomic E-state index is 0.0905. The lowest BCUT2D eigenvalue weighted by molar-refractivity contribution is 0.0981. The Balaban J connectivity index is 3.15. The Kier molecular flexibility index (Phi) is 3.31. The summed E-state index contributed by atoms with van der Waals surface area (Å²) in [6.07, 6.45) is 5.62. The van der Waals surface area contributed by atoms with Crippen LogP contribution >= 0.6 is 11.8 Å². The Hall–Kier alpha value is -1.03. The zero-order chi connectivity index (χ0) is 9.84. The molecule has 0 fully saturated rings. The van der Waals surface area contributed by atoms with E-state index in [1.165, 1.54) is 11.8 Å². The van der Waals surface area contributed by atoms with E-state index in [2.05, 4.69) is 11.6 Å². The molecule has 0 aromatic carbocycles. The van der Waals surface area contributed by atoms with Crippen molar-refractivity contribution < 1.29 is 4.79 Å². The third-order valence-electron chi connectivity index (χ3n) is 1.73. The number of hydrogen-bond donors (Lipinski definition) is 0. The molecule has 0 bridgehead atoms. The van der Waals surface area contributed by atoms with Crippen LogP contribution in [0.25, 0.3) is 6.20 Å². The van der Waals surface area contributed by atoms with Gasteiger partial charge >= 0.3 is 0 Å². The van der Waals surface area contributed by atoms with Crippen molar-refractivity contribution in [2.75, 3.05) is 6.26 Å². The van der Waals surface area contributed by atoms with E-state index in [-0.39, 0.29) is 5.78 Å². The van der Waals surface area contributed by atoms with Gasteiger partial charge in [0, 0.05) is 12.6 Å². The summed E-state index contributed by atoms with van der Waals surface area (Å²) < 4.78 is 1.72. The van der Waals surface area contributed by atoms with E-state index < -0.39 is 0 Å². The maximum Gasteiger partial charge on any atom is 0.180 e. The summed E-state index contributed by atoms with van der Waals surface area (Å²) in [5.41, 5.74) is 0.613. The van der Waals surface area contributed by atoms with Crippen LogP contribution in [0.2, 0.25) is 0 Å². The molecule has 13 heavy (non-hydrogen) atoms. The highest BCUT2D eigenvalue weighted by atomic mass is 32.2. The second-order valence-electron chi connectivity index (χ2n) is 2.46. The van der Waals surface area contributed by atoms with Gasteiger partial charge in [-0.3, -0.25) is 9.36 Å². The predicted octanol–water partition coefficient (Wildman–Crippen LogP) is 2.30. The summed E-state index contributed by atoms with van der Waals surface area (Å²) >= 11 is 1.50. The third-order valence-corrected chi connectivity index (χ3v) is 2.40. The van der Waals surface area contributed by atoms with E-state index in [4.69, 9.17) is 0 Å². The zero-order valence-corrected chi connectivity index (χ0v) is 8.60. The summed E-state index contributed by atoms with van der Waals surface area (Å²) in [7, 11) is 0. The molecule has 0 spiro atoms. The first-order chi connectivity index (χ1) is 6.24. The molecule has 0 unspecified atom stereocenters. The van der Waals surface area contributed by atoms with Gasteiger partial charge in [0.25, 0.3) is 0 Å². The maximum atomic E-state index is 11.4. The quantitative estimate of drug-likeness (QED) is 0.547. The minimum Gasteiger partial charge on any atom is -0.292 e. The predicted molar refractivity (Wildman–Crippen MR) is 55.0 cm³/mol. The van der Waals surface area contributed by atoms with E-state index in [1.54, 1.807) is 17.0 Å². The molecule has 1 aromatic rings. The molecule has 0 radical (unpaired) electrons. The van der Waals surface area contributed by atoms with Crippen molar-refractivity contribution in [1.82, 2.24) is 9.55 Å². The number of carbonyl (C=O) groups excluding carboxylic acids is 1. The Labute approximate surface area is 81.9 Å². The summed E-state index contributed by atoms with van der Waals surface area (Å²) in [5, 5.41) is 0.798. The fourth-order valence-electron chi connectivity index (χ4n) is 1.06. The number of rotatable bonds is 4. The van der Waals surface area contributed by atoms with Crippen LogP contribution in [0.15, 0.2) is 17.9 Å². The van der Waals surface area contributed by atoms with Gasteiger partial charge in [0.15, 0.2) is 10.9 Å². The monoisotopic (exact) mass is 196 g/mol. The lowest BCUT2D eigenvalue weighted by Crippen LogP contribution is -2.03. The molecule has 3 nitrogen and oxygen atoms in total. The van der Waals surface area contributed by atoms with Crippen LogP contribution in [0.5, 0.6) is 0 Å². The fraction of sp³-hybridized carbons (Fsp3) is 0.333. The zero-order valence-electron chi connectivity index (χ0n) is 7.78. The van der Waals surface area contributed by atoms with E-state index in [0.717, 1.165) is 5.16 Å². The second kappa shape index (κ2) is 4.28. The van der Waals surface area contributed by atoms with Crippen molar-refractivity contribution in [3.63, 3.8) is 0 Å². The van der Waals surface area contributed by atoms with Gasteiger partial charge < -0.3 is 0 Å². The highest BCUT2D eigenvalue weighted by Gasteiger charge is 2.11. The smallest absolute Gasteiger partial charge is 0.180 e. The first kappa shape index (κ1) is 10.1. The normalized spacial score (nSPS) is 10.0. The van der Waals surface area contributed by atoms with Gasteiger partial charge in [0.2, 0.25) is 0 Å². The first-order valence-corrected chi connectivity index (χ1v) is 5.24. The molecule has 0 aliphatic carbocycles. The molecule has 0 atom stereocenters. The van der Waals surface area contributed by atoms with Gasteiger partial charge in [-0.1, -0.05) is 25.3 Å². The Bertz CT molecular complexity index is 330. The first-order valence-electron chi connectivity index (χ1n) is 4.01. The number of imidazole rings is 1. The van der Waals surface area contributed by atoms with Crippen LogP contribution in [-0.2, 0) is 0 Å². The molecular weight excluding hydrogens is 184 g/mol. The largest absolute Gasteiger partial charge is 0.292 e. The lowest BCUT2D eigenvalue weighted by atomic mass is 10.2. The number of thioether (sulfide) groups is 1. The second-order valence-corrected chi connectivity index (χ2v) is 3.23. The molecular formula is C9H12N2OS. The maximum absolute atomic E-state index is 11.4. The van der Waals surface area contributed by atoms with Crippen LogP contribution in [0.1, 0.15) is 23.8 Å². The molecule has 1 heterocycles. The molecule has 1 rings (SSSR count). The number of nitrogens with zero attached hydrogens (tertiary/aromatic N) is 2. The van der Waals surface area contributed by atoms with Crippen molar-refractivity contribution >= 4 is 23.7 Å². The summed E-state index contributed by atoms with van der Waals surface area (Å²) in [6.45, 7) is 5.48. The topological polar surface area (TPSA) is 34.9 Å². The highest BCUT2D eigenvalue weighted by Crippen LogP contribution is 2.16. The van der Waals surface area contributed by atoms with Crippen LogP contribution in [0, 0.1) is 0 Å². The lowest BCUT2D eigenvalue weighted by Gasteiger charge is -2.01. The molecule has 0 aliphatic rings. The van der Waals surface area contributed by atoms with Crippen molar-refractivity contribution in [3.8, 4) is 0 Å². The summed E-state index contributed by atoms with van der Waals surface area (Å²) in [5.74, 6) is 0.0905. The van der Waals surface area contributed by atoms with Crippen LogP contribution < -0.4 is 0 Å². The number of carbonyl (C=O) groups is 1. The molecule has 0 aliphatic heterocycles. The van der Waals surface area contributed by atoms with Gasteiger partial charge in [0.1, 0.15) is 5.69 Å². The highest BCUT2D eigenvalue weighted by molar-refractivity contribution is 7.98. The Morgan fingerprint density at radius 2 is 2.54 bits per heavy atom. The summed E-state index contributed by atoms with van der Waals surface area (Å²) in [6, 6.07) is 0. The molecule has 4 heteroatoms. The third kappa shape index (κ3) is 1.83. The number of aromatic nitrogens is 2. The van der Waals surface area contributed by atoms with Crippen molar-refractivity contribution in [2.24, 2.45) is 0 Å².